The molecule has 144 valence electrons. The minimum atomic E-state index is -0.452. The Morgan fingerprint density at radius 1 is 1.31 bits per heavy atom. The fourth-order valence-corrected chi connectivity index (χ4v) is 4.58. The number of nitrogens with zero attached hydrogens (tertiary/aromatic N) is 2. The van der Waals surface area contributed by atoms with Gasteiger partial charge >= 0.3 is 0 Å². The van der Waals surface area contributed by atoms with Crippen LogP contribution in [0.3, 0.4) is 0 Å². The number of ether oxygens (including phenoxy) is 1. The molecule has 0 radical (unpaired) electrons. The second kappa shape index (κ2) is 8.03. The van der Waals surface area contributed by atoms with E-state index >= 15 is 0 Å². The number of methoxy groups -OCH3 is 1. The number of hydrogen-bond donors (Lipinski definition) is 1. The molecule has 6 heteroatoms. The third-order valence-electron chi connectivity index (χ3n) is 6.03. The Balaban J connectivity index is 1.74. The summed E-state index contributed by atoms with van der Waals surface area (Å²) in [6.07, 6.45) is 2.79. The van der Waals surface area contributed by atoms with Crippen LogP contribution in [0.5, 0.6) is 0 Å². The van der Waals surface area contributed by atoms with E-state index in [4.69, 9.17) is 10.5 Å². The van der Waals surface area contributed by atoms with E-state index in [2.05, 4.69) is 19.0 Å². The number of halogens is 1. The molecular weight excluding hydrogens is 333 g/mol. The quantitative estimate of drug-likeness (QED) is 0.866. The fraction of sp³-hybridized carbons (Fsp3) is 0.650. The van der Waals surface area contributed by atoms with Gasteiger partial charge in [-0.2, -0.15) is 0 Å². The van der Waals surface area contributed by atoms with Crippen molar-refractivity contribution in [2.75, 3.05) is 40.8 Å². The normalized spacial score (nSPS) is 28.5. The summed E-state index contributed by atoms with van der Waals surface area (Å²) in [6, 6.07) is 5.10. The minimum Gasteiger partial charge on any atom is -0.380 e. The van der Waals surface area contributed by atoms with Gasteiger partial charge in [-0.3, -0.25) is 4.79 Å². The van der Waals surface area contributed by atoms with Gasteiger partial charge in [0.25, 0.3) is 5.91 Å². The Morgan fingerprint density at radius 3 is 2.62 bits per heavy atom. The monoisotopic (exact) mass is 363 g/mol. The van der Waals surface area contributed by atoms with E-state index in [1.807, 2.05) is 4.90 Å². The molecule has 1 aliphatic heterocycles. The number of carbonyl (C=O) groups is 1. The van der Waals surface area contributed by atoms with Crippen LogP contribution in [0, 0.1) is 17.7 Å². The molecule has 1 heterocycles. The van der Waals surface area contributed by atoms with Crippen LogP contribution in [0.1, 0.15) is 28.8 Å². The number of amides is 1. The average Bonchev–Trinajstić information content (AvgIpc) is 3.04. The SMILES string of the molecule is CO[C@@H]1C[C@H]2CN(C(=O)c3cc(CCN)ccc3F)C[C@H]2C[C@H]1N(C)C. The van der Waals surface area contributed by atoms with Crippen molar-refractivity contribution < 1.29 is 13.9 Å². The van der Waals surface area contributed by atoms with Crippen LogP contribution in [0.25, 0.3) is 0 Å². The second-order valence-electron chi connectivity index (χ2n) is 7.86. The predicted molar refractivity (Wildman–Crippen MR) is 99.5 cm³/mol. The molecule has 1 aromatic carbocycles. The second-order valence-corrected chi connectivity index (χ2v) is 7.86. The third kappa shape index (κ3) is 3.77. The molecule has 5 nitrogen and oxygen atoms in total. The number of likely N-dealkylation sites (tertiary alicyclic amines) is 1. The average molecular weight is 363 g/mol. The van der Waals surface area contributed by atoms with E-state index in [9.17, 15) is 9.18 Å². The molecule has 3 rings (SSSR count). The van der Waals surface area contributed by atoms with Crippen LogP contribution in [0.4, 0.5) is 4.39 Å². The molecule has 0 aromatic heterocycles. The summed E-state index contributed by atoms with van der Waals surface area (Å²) in [6.45, 7) is 1.87. The molecule has 2 N–H and O–H groups in total. The highest BCUT2D eigenvalue weighted by molar-refractivity contribution is 5.95. The van der Waals surface area contributed by atoms with Crippen molar-refractivity contribution in [1.82, 2.24) is 9.80 Å². The Hall–Kier alpha value is -1.50. The zero-order valence-corrected chi connectivity index (χ0v) is 16.0. The first-order valence-corrected chi connectivity index (χ1v) is 9.41. The van der Waals surface area contributed by atoms with Gasteiger partial charge in [-0.15, -0.1) is 0 Å². The van der Waals surface area contributed by atoms with Crippen LogP contribution < -0.4 is 5.73 Å². The van der Waals surface area contributed by atoms with Crippen molar-refractivity contribution in [1.29, 1.82) is 0 Å². The zero-order chi connectivity index (χ0) is 18.8. The van der Waals surface area contributed by atoms with Crippen molar-refractivity contribution in [3.63, 3.8) is 0 Å². The number of hydrogen-bond acceptors (Lipinski definition) is 4. The van der Waals surface area contributed by atoms with Gasteiger partial charge in [-0.1, -0.05) is 6.07 Å². The highest BCUT2D eigenvalue weighted by Crippen LogP contribution is 2.39. The summed E-state index contributed by atoms with van der Waals surface area (Å²) in [5, 5.41) is 0. The molecule has 1 saturated heterocycles. The van der Waals surface area contributed by atoms with Crippen molar-refractivity contribution >= 4 is 5.91 Å². The lowest BCUT2D eigenvalue weighted by atomic mass is 9.77. The summed E-state index contributed by atoms with van der Waals surface area (Å²) in [4.78, 5) is 17.0. The molecule has 26 heavy (non-hydrogen) atoms. The van der Waals surface area contributed by atoms with E-state index in [1.165, 1.54) is 6.07 Å². The largest absolute Gasteiger partial charge is 0.380 e. The molecule has 2 aliphatic rings. The van der Waals surface area contributed by atoms with E-state index in [0.29, 0.717) is 43.9 Å². The standard InChI is InChI=1S/C20H30FN3O2/c1-23(2)18-9-14-11-24(12-15(14)10-19(18)26-3)20(25)16-8-13(6-7-22)4-5-17(16)21/h4-5,8,14-15,18-19H,6-7,9-12,22H2,1-3H3/t14-,15+,18-,19-/m1/s1. The topological polar surface area (TPSA) is 58.8 Å². The van der Waals surface area contributed by atoms with Crippen LogP contribution in [-0.2, 0) is 11.2 Å². The highest BCUT2D eigenvalue weighted by Gasteiger charge is 2.44. The van der Waals surface area contributed by atoms with Crippen molar-refractivity contribution in [3.05, 3.63) is 35.1 Å². The van der Waals surface area contributed by atoms with Crippen LogP contribution >= 0.6 is 0 Å². The Bertz CT molecular complexity index is 652. The number of nitrogens with two attached hydrogens (primary N) is 1. The molecule has 4 atom stereocenters. The zero-order valence-electron chi connectivity index (χ0n) is 16.0. The maximum absolute atomic E-state index is 14.3. The van der Waals surface area contributed by atoms with Gasteiger partial charge in [0.15, 0.2) is 0 Å². The van der Waals surface area contributed by atoms with Crippen LogP contribution in [0.15, 0.2) is 18.2 Å². The fourth-order valence-electron chi connectivity index (χ4n) is 4.58. The van der Waals surface area contributed by atoms with E-state index in [0.717, 1.165) is 18.4 Å². The van der Waals surface area contributed by atoms with Gasteiger partial charge < -0.3 is 20.3 Å². The van der Waals surface area contributed by atoms with Gasteiger partial charge in [-0.05, 0) is 69.4 Å². The van der Waals surface area contributed by atoms with Crippen LogP contribution in [0.2, 0.25) is 0 Å². The van der Waals surface area contributed by atoms with Gasteiger partial charge in [0.2, 0.25) is 0 Å². The lowest BCUT2D eigenvalue weighted by Gasteiger charge is -2.40. The number of benzene rings is 1. The Labute approximate surface area is 155 Å². The highest BCUT2D eigenvalue weighted by atomic mass is 19.1. The lowest BCUT2D eigenvalue weighted by molar-refractivity contribution is -0.0209. The van der Waals surface area contributed by atoms with Gasteiger partial charge in [-0.25, -0.2) is 4.39 Å². The van der Waals surface area contributed by atoms with Gasteiger partial charge in [0.05, 0.1) is 11.7 Å². The molecule has 0 unspecified atom stereocenters. The number of carbonyl (C=O) groups excluding carboxylic acids is 1. The maximum Gasteiger partial charge on any atom is 0.256 e. The predicted octanol–water partition coefficient (Wildman–Crippen LogP) is 1.75. The molecule has 0 bridgehead atoms. The Kier molecular flexibility index (Phi) is 5.95. The first kappa shape index (κ1) is 19.3. The van der Waals surface area contributed by atoms with Crippen molar-refractivity contribution in [2.45, 2.75) is 31.4 Å². The van der Waals surface area contributed by atoms with Crippen molar-refractivity contribution in [2.24, 2.45) is 17.6 Å². The third-order valence-corrected chi connectivity index (χ3v) is 6.03. The van der Waals surface area contributed by atoms with E-state index < -0.39 is 5.82 Å². The number of rotatable bonds is 5. The van der Waals surface area contributed by atoms with Crippen molar-refractivity contribution in [3.8, 4) is 0 Å². The summed E-state index contributed by atoms with van der Waals surface area (Å²) in [5.41, 5.74) is 6.66. The summed E-state index contributed by atoms with van der Waals surface area (Å²) in [5.74, 6) is 0.223. The molecule has 1 aliphatic carbocycles. The van der Waals surface area contributed by atoms with Gasteiger partial charge in [0.1, 0.15) is 5.82 Å². The summed E-state index contributed by atoms with van der Waals surface area (Å²) in [7, 11) is 5.91. The smallest absolute Gasteiger partial charge is 0.256 e. The summed E-state index contributed by atoms with van der Waals surface area (Å²) >= 11 is 0. The maximum atomic E-state index is 14.3. The summed E-state index contributed by atoms with van der Waals surface area (Å²) < 4.78 is 20.0. The first-order chi connectivity index (χ1) is 12.4. The molecule has 1 saturated carbocycles. The van der Waals surface area contributed by atoms with Gasteiger partial charge in [0, 0.05) is 26.2 Å². The lowest BCUT2D eigenvalue weighted by Crippen LogP contribution is -2.47. The number of likely N-dealkylation sites (N-methyl/N-ethyl adjacent to an activating group) is 1. The Morgan fingerprint density at radius 2 is 2.00 bits per heavy atom. The first-order valence-electron chi connectivity index (χ1n) is 9.41. The molecular formula is C20H30FN3O2. The molecule has 1 amide bonds. The minimum absolute atomic E-state index is 0.169. The molecule has 0 spiro atoms. The van der Waals surface area contributed by atoms with E-state index in [-0.39, 0.29) is 17.6 Å². The van der Waals surface area contributed by atoms with E-state index in [1.54, 1.807) is 19.2 Å². The molecule has 1 aromatic rings. The molecule has 2 fully saturated rings. The van der Waals surface area contributed by atoms with Crippen LogP contribution in [-0.4, -0.2) is 68.7 Å². The number of fused-ring (bicyclic) bond motifs is 1.